The first-order valence-electron chi connectivity index (χ1n) is 6.20. The second kappa shape index (κ2) is 6.36. The molecule has 1 fully saturated rings. The number of carbonyl (C=O) groups excluding carboxylic acids is 1. The summed E-state index contributed by atoms with van der Waals surface area (Å²) in [6.45, 7) is 2.36. The first-order valence-corrected chi connectivity index (χ1v) is 6.99. The van der Waals surface area contributed by atoms with Crippen molar-refractivity contribution in [2.45, 2.75) is 12.6 Å². The van der Waals surface area contributed by atoms with Gasteiger partial charge in [0.15, 0.2) is 0 Å². The van der Waals surface area contributed by atoms with Gasteiger partial charge in [0.1, 0.15) is 6.04 Å². The number of halogens is 1. The molecule has 0 spiro atoms. The Hall–Kier alpha value is -1.11. The molecule has 0 bridgehead atoms. The van der Waals surface area contributed by atoms with E-state index in [2.05, 4.69) is 21.2 Å². The number of amides is 1. The Kier molecular flexibility index (Phi) is 4.79. The van der Waals surface area contributed by atoms with Crippen molar-refractivity contribution in [3.63, 3.8) is 0 Å². The number of carbonyl (C=O) groups is 1. The number of nitrogens with two attached hydrogens (primary N) is 1. The molecule has 104 valence electrons. The van der Waals surface area contributed by atoms with Crippen LogP contribution >= 0.6 is 15.9 Å². The second-order valence-corrected chi connectivity index (χ2v) is 5.41. The van der Waals surface area contributed by atoms with Crippen LogP contribution in [0, 0.1) is 0 Å². The molecular formula is C13H18BrN3O2. The van der Waals surface area contributed by atoms with Crippen molar-refractivity contribution in [3.05, 3.63) is 28.2 Å². The predicted molar refractivity (Wildman–Crippen MR) is 78.1 cm³/mol. The summed E-state index contributed by atoms with van der Waals surface area (Å²) in [7, 11) is 1.90. The molecule has 1 atom stereocenters. The number of nitrogens with zero attached hydrogens (tertiary/aromatic N) is 1. The number of primary amides is 1. The Bertz CT molecular complexity index is 467. The molecule has 6 heteroatoms. The van der Waals surface area contributed by atoms with Gasteiger partial charge in [0.2, 0.25) is 5.91 Å². The van der Waals surface area contributed by atoms with E-state index in [-0.39, 0.29) is 5.91 Å². The first kappa shape index (κ1) is 14.3. The van der Waals surface area contributed by atoms with Crippen molar-refractivity contribution < 1.29 is 9.53 Å². The SMILES string of the molecule is CNCc1ccc(Br)cc1N1CCOCC1C(N)=O. The highest BCUT2D eigenvalue weighted by atomic mass is 79.9. The van der Waals surface area contributed by atoms with Gasteiger partial charge in [-0.05, 0) is 24.7 Å². The number of nitrogens with one attached hydrogen (secondary N) is 1. The molecule has 1 heterocycles. The molecule has 0 saturated carbocycles. The normalized spacial score (nSPS) is 19.5. The van der Waals surface area contributed by atoms with Crippen molar-refractivity contribution in [3.8, 4) is 0 Å². The second-order valence-electron chi connectivity index (χ2n) is 4.49. The van der Waals surface area contributed by atoms with E-state index in [1.165, 1.54) is 0 Å². The van der Waals surface area contributed by atoms with Gasteiger partial charge in [-0.25, -0.2) is 0 Å². The number of morpholine rings is 1. The number of ether oxygens (including phenoxy) is 1. The summed E-state index contributed by atoms with van der Waals surface area (Å²) >= 11 is 3.48. The smallest absolute Gasteiger partial charge is 0.242 e. The summed E-state index contributed by atoms with van der Waals surface area (Å²) in [6.07, 6.45) is 0. The molecule has 3 N–H and O–H groups in total. The lowest BCUT2D eigenvalue weighted by Crippen LogP contribution is -2.53. The highest BCUT2D eigenvalue weighted by molar-refractivity contribution is 9.10. The maximum Gasteiger partial charge on any atom is 0.242 e. The van der Waals surface area contributed by atoms with Crippen LogP contribution in [0.25, 0.3) is 0 Å². The van der Waals surface area contributed by atoms with E-state index in [4.69, 9.17) is 10.5 Å². The van der Waals surface area contributed by atoms with Crippen LogP contribution in [-0.2, 0) is 16.1 Å². The molecule has 0 aliphatic carbocycles. The predicted octanol–water partition coefficient (Wildman–Crippen LogP) is 0.859. The third kappa shape index (κ3) is 3.26. The quantitative estimate of drug-likeness (QED) is 0.860. The zero-order valence-corrected chi connectivity index (χ0v) is 12.4. The molecule has 0 radical (unpaired) electrons. The summed E-state index contributed by atoms with van der Waals surface area (Å²) in [6, 6.07) is 5.66. The van der Waals surface area contributed by atoms with Crippen LogP contribution < -0.4 is 16.0 Å². The highest BCUT2D eigenvalue weighted by Gasteiger charge is 2.29. The average Bonchev–Trinajstić information content (AvgIpc) is 2.41. The molecule has 1 amide bonds. The van der Waals surface area contributed by atoms with Gasteiger partial charge in [-0.15, -0.1) is 0 Å². The van der Waals surface area contributed by atoms with Crippen molar-refractivity contribution in [1.29, 1.82) is 0 Å². The number of rotatable bonds is 4. The maximum absolute atomic E-state index is 11.6. The molecule has 19 heavy (non-hydrogen) atoms. The molecular weight excluding hydrogens is 310 g/mol. The molecule has 0 aromatic heterocycles. The summed E-state index contributed by atoms with van der Waals surface area (Å²) in [4.78, 5) is 13.6. The maximum atomic E-state index is 11.6. The number of anilines is 1. The lowest BCUT2D eigenvalue weighted by atomic mass is 10.1. The zero-order valence-electron chi connectivity index (χ0n) is 10.9. The minimum Gasteiger partial charge on any atom is -0.377 e. The van der Waals surface area contributed by atoms with Crippen molar-refractivity contribution in [1.82, 2.24) is 5.32 Å². The number of benzene rings is 1. The van der Waals surface area contributed by atoms with Gasteiger partial charge in [-0.2, -0.15) is 0 Å². The van der Waals surface area contributed by atoms with Crippen LogP contribution in [0.4, 0.5) is 5.69 Å². The zero-order chi connectivity index (χ0) is 13.8. The van der Waals surface area contributed by atoms with E-state index >= 15 is 0 Å². The van der Waals surface area contributed by atoms with E-state index in [0.29, 0.717) is 19.8 Å². The summed E-state index contributed by atoms with van der Waals surface area (Å²) in [5, 5.41) is 3.14. The molecule has 1 aromatic carbocycles. The fourth-order valence-corrected chi connectivity index (χ4v) is 2.62. The van der Waals surface area contributed by atoms with Crippen LogP contribution in [0.3, 0.4) is 0 Å². The average molecular weight is 328 g/mol. The monoisotopic (exact) mass is 327 g/mol. The standard InChI is InChI=1S/C13H18BrN3O2/c1-16-7-9-2-3-10(14)6-11(9)17-4-5-19-8-12(17)13(15)18/h2-3,6,12,16H,4-5,7-8H2,1H3,(H2,15,18). The van der Waals surface area contributed by atoms with Gasteiger partial charge in [0, 0.05) is 23.2 Å². The fourth-order valence-electron chi connectivity index (χ4n) is 2.27. The largest absolute Gasteiger partial charge is 0.377 e. The lowest BCUT2D eigenvalue weighted by Gasteiger charge is -2.36. The number of hydrogen-bond donors (Lipinski definition) is 2. The Labute approximate surface area is 121 Å². The third-order valence-corrected chi connectivity index (χ3v) is 3.67. The molecule has 2 rings (SSSR count). The van der Waals surface area contributed by atoms with Gasteiger partial charge in [0.25, 0.3) is 0 Å². The van der Waals surface area contributed by atoms with Crippen LogP contribution in [0.1, 0.15) is 5.56 Å². The summed E-state index contributed by atoms with van der Waals surface area (Å²) in [5.41, 5.74) is 7.63. The molecule has 1 aliphatic heterocycles. The molecule has 1 saturated heterocycles. The van der Waals surface area contributed by atoms with E-state index in [0.717, 1.165) is 22.3 Å². The van der Waals surface area contributed by atoms with Crippen LogP contribution in [0.2, 0.25) is 0 Å². The van der Waals surface area contributed by atoms with E-state index < -0.39 is 6.04 Å². The van der Waals surface area contributed by atoms with Crippen LogP contribution in [0.5, 0.6) is 0 Å². The Morgan fingerprint density at radius 3 is 3.11 bits per heavy atom. The molecule has 5 nitrogen and oxygen atoms in total. The van der Waals surface area contributed by atoms with E-state index in [9.17, 15) is 4.79 Å². The van der Waals surface area contributed by atoms with Crippen LogP contribution in [-0.4, -0.2) is 38.8 Å². The Morgan fingerprint density at radius 1 is 1.63 bits per heavy atom. The lowest BCUT2D eigenvalue weighted by molar-refractivity contribution is -0.121. The van der Waals surface area contributed by atoms with E-state index in [1.54, 1.807) is 0 Å². The summed E-state index contributed by atoms with van der Waals surface area (Å²) < 4.78 is 6.34. The van der Waals surface area contributed by atoms with Gasteiger partial charge in [-0.1, -0.05) is 22.0 Å². The fraction of sp³-hybridized carbons (Fsp3) is 0.462. The van der Waals surface area contributed by atoms with E-state index in [1.807, 2.05) is 30.1 Å². The third-order valence-electron chi connectivity index (χ3n) is 3.18. The van der Waals surface area contributed by atoms with Gasteiger partial charge in [0.05, 0.1) is 13.2 Å². The van der Waals surface area contributed by atoms with Gasteiger partial charge < -0.3 is 20.7 Å². The molecule has 1 aromatic rings. The molecule has 1 aliphatic rings. The van der Waals surface area contributed by atoms with Gasteiger partial charge in [-0.3, -0.25) is 4.79 Å². The Balaban J connectivity index is 2.37. The van der Waals surface area contributed by atoms with Crippen molar-refractivity contribution in [2.24, 2.45) is 5.73 Å². The topological polar surface area (TPSA) is 67.6 Å². The molecule has 1 unspecified atom stereocenters. The Morgan fingerprint density at radius 2 is 2.42 bits per heavy atom. The van der Waals surface area contributed by atoms with Crippen LogP contribution in [0.15, 0.2) is 22.7 Å². The van der Waals surface area contributed by atoms with Crippen molar-refractivity contribution in [2.75, 3.05) is 31.7 Å². The highest BCUT2D eigenvalue weighted by Crippen LogP contribution is 2.28. The number of hydrogen-bond acceptors (Lipinski definition) is 4. The van der Waals surface area contributed by atoms with Gasteiger partial charge >= 0.3 is 0 Å². The first-order chi connectivity index (χ1) is 9.13. The van der Waals surface area contributed by atoms with Crippen molar-refractivity contribution >= 4 is 27.5 Å². The minimum atomic E-state index is -0.404. The minimum absolute atomic E-state index is 0.348. The summed E-state index contributed by atoms with van der Waals surface area (Å²) in [5.74, 6) is -0.352.